The van der Waals surface area contributed by atoms with Crippen LogP contribution in [0.5, 0.6) is 0 Å². The third kappa shape index (κ3) is 4.11. The molecule has 17 heavy (non-hydrogen) atoms. The third-order valence-electron chi connectivity index (χ3n) is 2.04. The molecule has 0 unspecified atom stereocenters. The van der Waals surface area contributed by atoms with Gasteiger partial charge in [-0.05, 0) is 17.0 Å². The highest BCUT2D eigenvalue weighted by Crippen LogP contribution is 2.15. The fraction of sp³-hybridized carbons (Fsp3) is 0.400. The summed E-state index contributed by atoms with van der Waals surface area (Å²) in [6.07, 6.45) is 0. The summed E-state index contributed by atoms with van der Waals surface area (Å²) < 4.78 is 26.4. The molecule has 0 spiro atoms. The predicted molar refractivity (Wildman–Crippen MR) is 69.7 cm³/mol. The second-order valence-electron chi connectivity index (χ2n) is 3.29. The average Bonchev–Trinajstić information content (AvgIpc) is 2.74. The van der Waals surface area contributed by atoms with E-state index in [1.54, 1.807) is 0 Å². The van der Waals surface area contributed by atoms with Crippen molar-refractivity contribution >= 4 is 21.5 Å². The highest BCUT2D eigenvalue weighted by molar-refractivity contribution is 7.87. The van der Waals surface area contributed by atoms with Gasteiger partial charge in [0.1, 0.15) is 0 Å². The Hall–Kier alpha value is -0.910. The van der Waals surface area contributed by atoms with E-state index < -0.39 is 10.2 Å². The van der Waals surface area contributed by atoms with Gasteiger partial charge >= 0.3 is 0 Å². The van der Waals surface area contributed by atoms with Gasteiger partial charge in [-0.3, -0.25) is 0 Å². The van der Waals surface area contributed by atoms with Gasteiger partial charge in [0, 0.05) is 20.6 Å². The Kier molecular flexibility index (Phi) is 5.11. The average molecular weight is 273 g/mol. The number of hydrogen-bond donors (Lipinski definition) is 2. The minimum absolute atomic E-state index is 0.321. The first-order valence-electron chi connectivity index (χ1n) is 4.90. The fourth-order valence-electron chi connectivity index (χ4n) is 1.16. The van der Waals surface area contributed by atoms with Crippen molar-refractivity contribution in [2.24, 2.45) is 5.73 Å². The van der Waals surface area contributed by atoms with Crippen LogP contribution in [0.2, 0.25) is 0 Å². The van der Waals surface area contributed by atoms with Crippen LogP contribution in [-0.4, -0.2) is 33.4 Å². The molecular weight excluding hydrogens is 258 g/mol. The normalized spacial score (nSPS) is 11.3. The van der Waals surface area contributed by atoms with Crippen LogP contribution in [0, 0.1) is 11.8 Å². The summed E-state index contributed by atoms with van der Waals surface area (Å²) in [6.45, 7) is 0.644. The zero-order chi connectivity index (χ0) is 12.9. The maximum Gasteiger partial charge on any atom is 0.279 e. The van der Waals surface area contributed by atoms with Gasteiger partial charge in [0.05, 0.1) is 11.4 Å². The van der Waals surface area contributed by atoms with Gasteiger partial charge in [-0.2, -0.15) is 12.7 Å². The van der Waals surface area contributed by atoms with E-state index in [1.807, 2.05) is 11.4 Å². The van der Waals surface area contributed by atoms with Crippen molar-refractivity contribution < 1.29 is 8.42 Å². The molecule has 3 N–H and O–H groups in total. The van der Waals surface area contributed by atoms with Gasteiger partial charge in [0.2, 0.25) is 0 Å². The van der Waals surface area contributed by atoms with Crippen molar-refractivity contribution in [1.82, 2.24) is 9.03 Å². The molecule has 0 radical (unpaired) electrons. The van der Waals surface area contributed by atoms with E-state index in [4.69, 9.17) is 5.73 Å². The number of hydrogen-bond acceptors (Lipinski definition) is 4. The van der Waals surface area contributed by atoms with Crippen molar-refractivity contribution in [2.45, 2.75) is 6.54 Å². The maximum absolute atomic E-state index is 11.5. The van der Waals surface area contributed by atoms with Crippen LogP contribution in [0.3, 0.4) is 0 Å². The monoisotopic (exact) mass is 273 g/mol. The molecular formula is C10H15N3O2S2. The number of nitrogens with two attached hydrogens (primary N) is 1. The summed E-state index contributed by atoms with van der Waals surface area (Å²) in [7, 11) is -0.463. The summed E-state index contributed by atoms with van der Waals surface area (Å²) in [6, 6.07) is 1.87. The lowest BCUT2D eigenvalue weighted by Gasteiger charge is -2.14. The highest BCUT2D eigenvalue weighted by Gasteiger charge is 2.15. The minimum Gasteiger partial charge on any atom is -0.320 e. The summed E-state index contributed by atoms with van der Waals surface area (Å²) >= 11 is 1.48. The van der Waals surface area contributed by atoms with E-state index in [0.29, 0.717) is 13.1 Å². The maximum atomic E-state index is 11.5. The topological polar surface area (TPSA) is 75.4 Å². The van der Waals surface area contributed by atoms with Crippen LogP contribution in [0.4, 0.5) is 0 Å². The molecule has 1 aromatic rings. The minimum atomic E-state index is -3.37. The van der Waals surface area contributed by atoms with Crippen LogP contribution in [0.1, 0.15) is 10.4 Å². The largest absolute Gasteiger partial charge is 0.320 e. The van der Waals surface area contributed by atoms with Crippen LogP contribution in [0.25, 0.3) is 0 Å². The zero-order valence-corrected chi connectivity index (χ0v) is 11.4. The van der Waals surface area contributed by atoms with Gasteiger partial charge in [0.15, 0.2) is 0 Å². The molecule has 0 aliphatic carbocycles. The van der Waals surface area contributed by atoms with Crippen molar-refractivity contribution in [3.05, 3.63) is 21.9 Å². The quantitative estimate of drug-likeness (QED) is 0.756. The van der Waals surface area contributed by atoms with E-state index in [2.05, 4.69) is 16.6 Å². The van der Waals surface area contributed by atoms with Gasteiger partial charge in [0.25, 0.3) is 10.2 Å². The molecule has 0 saturated carbocycles. The molecule has 1 heterocycles. The molecule has 0 bridgehead atoms. The Labute approximate surface area is 106 Å². The molecule has 0 aliphatic heterocycles. The second kappa shape index (κ2) is 6.14. The lowest BCUT2D eigenvalue weighted by molar-refractivity contribution is 0.460. The molecule has 0 aliphatic rings. The third-order valence-corrected chi connectivity index (χ3v) is 4.40. The molecule has 7 heteroatoms. The zero-order valence-electron chi connectivity index (χ0n) is 9.73. The fourth-order valence-corrected chi connectivity index (χ4v) is 2.56. The Morgan fingerprint density at radius 2 is 2.29 bits per heavy atom. The Morgan fingerprint density at radius 1 is 1.59 bits per heavy atom. The van der Waals surface area contributed by atoms with Crippen molar-refractivity contribution in [1.29, 1.82) is 0 Å². The summed E-state index contributed by atoms with van der Waals surface area (Å²) in [5, 5.41) is 1.89. The standard InChI is InChI=1S/C10H15N3O2S2/c1-12-17(14,15)13(2)7-9-6-10(16-8-9)4-3-5-11/h6,8,12H,5,7,11H2,1-2H3. The van der Waals surface area contributed by atoms with E-state index in [1.165, 1.54) is 29.7 Å². The molecule has 5 nitrogen and oxygen atoms in total. The molecule has 0 atom stereocenters. The molecule has 0 saturated heterocycles. The van der Waals surface area contributed by atoms with E-state index >= 15 is 0 Å². The van der Waals surface area contributed by atoms with Gasteiger partial charge in [-0.15, -0.1) is 11.3 Å². The Balaban J connectivity index is 2.73. The second-order valence-corrected chi connectivity index (χ2v) is 6.18. The van der Waals surface area contributed by atoms with Crippen LogP contribution < -0.4 is 10.5 Å². The molecule has 94 valence electrons. The lowest BCUT2D eigenvalue weighted by Crippen LogP contribution is -2.35. The van der Waals surface area contributed by atoms with Crippen molar-refractivity contribution in [3.63, 3.8) is 0 Å². The van der Waals surface area contributed by atoms with Crippen LogP contribution in [0.15, 0.2) is 11.4 Å². The Morgan fingerprint density at radius 3 is 2.88 bits per heavy atom. The van der Waals surface area contributed by atoms with Crippen molar-refractivity contribution in [3.8, 4) is 11.8 Å². The highest BCUT2D eigenvalue weighted by atomic mass is 32.2. The van der Waals surface area contributed by atoms with E-state index in [0.717, 1.165) is 10.4 Å². The molecule has 0 aromatic carbocycles. The molecule has 1 rings (SSSR count). The molecule has 0 amide bonds. The van der Waals surface area contributed by atoms with Crippen LogP contribution in [-0.2, 0) is 16.8 Å². The first-order valence-corrected chi connectivity index (χ1v) is 7.22. The lowest BCUT2D eigenvalue weighted by atomic mass is 10.3. The first-order chi connectivity index (χ1) is 7.99. The molecule has 1 aromatic heterocycles. The predicted octanol–water partition coefficient (Wildman–Crippen LogP) is -0.0457. The van der Waals surface area contributed by atoms with Crippen molar-refractivity contribution in [2.75, 3.05) is 20.6 Å². The molecule has 0 fully saturated rings. The summed E-state index contributed by atoms with van der Waals surface area (Å²) in [4.78, 5) is 0.890. The summed E-state index contributed by atoms with van der Waals surface area (Å²) in [5.74, 6) is 5.67. The van der Waals surface area contributed by atoms with E-state index in [-0.39, 0.29) is 0 Å². The van der Waals surface area contributed by atoms with E-state index in [9.17, 15) is 8.42 Å². The SMILES string of the molecule is CNS(=O)(=O)N(C)Cc1csc(C#CCN)c1. The summed E-state index contributed by atoms with van der Waals surface area (Å²) in [5.41, 5.74) is 6.19. The van der Waals surface area contributed by atoms with Gasteiger partial charge < -0.3 is 5.73 Å². The van der Waals surface area contributed by atoms with Gasteiger partial charge in [-0.25, -0.2) is 4.72 Å². The van der Waals surface area contributed by atoms with Crippen LogP contribution >= 0.6 is 11.3 Å². The number of nitrogens with one attached hydrogen (secondary N) is 1. The number of nitrogens with zero attached hydrogens (tertiary/aromatic N) is 1. The number of rotatable bonds is 4. The van der Waals surface area contributed by atoms with Gasteiger partial charge in [-0.1, -0.05) is 11.8 Å². The smallest absolute Gasteiger partial charge is 0.279 e. The number of thiophene rings is 1. The first kappa shape index (κ1) is 14.2. The Bertz CT molecular complexity index is 525.